The Morgan fingerprint density at radius 3 is 1.32 bits per heavy atom. The van der Waals surface area contributed by atoms with E-state index in [9.17, 15) is 9.59 Å². The Hall–Kier alpha value is -0.939. The molecule has 6 nitrogen and oxygen atoms in total. The first kappa shape index (κ1) is 33.1. The molecule has 9 heteroatoms. The van der Waals surface area contributed by atoms with Crippen LogP contribution in [0.1, 0.15) is 81.6 Å². The van der Waals surface area contributed by atoms with Crippen LogP contribution in [0.5, 0.6) is 0 Å². The van der Waals surface area contributed by atoms with Crippen molar-refractivity contribution in [3.05, 3.63) is 0 Å². The second-order valence-corrected chi connectivity index (χ2v) is 28.1. The summed E-state index contributed by atoms with van der Waals surface area (Å²) in [5.74, 6) is 0.0507. The van der Waals surface area contributed by atoms with Gasteiger partial charge in [-0.2, -0.15) is 0 Å². The van der Waals surface area contributed by atoms with E-state index in [1.807, 2.05) is 0 Å². The SMILES string of the molecule is CC(C)(C)[Si](C)(C)OC(=O)CCCC(=NCC(=O)O[Si](C)(C)C(C)(C)C)O[Si](C)(C)C(C)(C)C. The van der Waals surface area contributed by atoms with E-state index in [0.29, 0.717) is 25.2 Å². The molecule has 0 bridgehead atoms. The molecule has 0 N–H and O–H groups in total. The summed E-state index contributed by atoms with van der Waals surface area (Å²) >= 11 is 0. The zero-order valence-electron chi connectivity index (χ0n) is 24.8. The number of nitrogens with zero attached hydrogens (tertiary/aromatic N) is 1. The predicted octanol–water partition coefficient (Wildman–Crippen LogP) is 7.67. The number of hydrogen-bond donors (Lipinski definition) is 0. The largest absolute Gasteiger partial charge is 0.534 e. The van der Waals surface area contributed by atoms with Crippen LogP contribution in [0.15, 0.2) is 4.99 Å². The number of aliphatic imine (C=N–C) groups is 1. The van der Waals surface area contributed by atoms with E-state index in [1.54, 1.807) is 0 Å². The topological polar surface area (TPSA) is 74.2 Å². The summed E-state index contributed by atoms with van der Waals surface area (Å²) in [4.78, 5) is 29.6. The molecule has 0 amide bonds. The van der Waals surface area contributed by atoms with Crippen molar-refractivity contribution in [2.45, 2.75) is 136 Å². The average molecular weight is 532 g/mol. The van der Waals surface area contributed by atoms with Gasteiger partial charge < -0.3 is 13.3 Å². The molecule has 0 aliphatic heterocycles. The van der Waals surface area contributed by atoms with Crippen LogP contribution in [0.2, 0.25) is 54.4 Å². The molecule has 0 aromatic heterocycles. The fraction of sp³-hybridized carbons (Fsp3) is 0.880. The minimum Gasteiger partial charge on any atom is -0.534 e. The Morgan fingerprint density at radius 1 is 0.588 bits per heavy atom. The molecule has 0 aromatic rings. The highest BCUT2D eigenvalue weighted by molar-refractivity contribution is 6.76. The standard InChI is InChI=1S/C25H53NO5Si3/c1-23(2,3)32(10,11)29-20(26-19-22(28)31-34(14,15)25(7,8)9)17-16-18-21(27)30-33(12,13)24(4,5)6/h16-19H2,1-15H3. The van der Waals surface area contributed by atoms with E-state index in [-0.39, 0.29) is 33.6 Å². The van der Waals surface area contributed by atoms with Crippen LogP contribution in [0.25, 0.3) is 0 Å². The van der Waals surface area contributed by atoms with Gasteiger partial charge in [-0.25, -0.2) is 4.99 Å². The molecule has 0 saturated carbocycles. The highest BCUT2D eigenvalue weighted by Gasteiger charge is 2.42. The Morgan fingerprint density at radius 2 is 0.941 bits per heavy atom. The van der Waals surface area contributed by atoms with Gasteiger partial charge in [0, 0.05) is 12.8 Å². The second-order valence-electron chi connectivity index (χ2n) is 13.9. The normalized spacial score (nSPS) is 14.6. The fourth-order valence-corrected chi connectivity index (χ4v) is 5.08. The van der Waals surface area contributed by atoms with E-state index in [4.69, 9.17) is 13.3 Å². The van der Waals surface area contributed by atoms with E-state index in [0.717, 1.165) is 0 Å². The van der Waals surface area contributed by atoms with Crippen LogP contribution < -0.4 is 0 Å². The molecule has 0 heterocycles. The highest BCUT2D eigenvalue weighted by atomic mass is 28.4. The van der Waals surface area contributed by atoms with Crippen molar-refractivity contribution in [1.82, 2.24) is 0 Å². The second kappa shape index (κ2) is 11.4. The lowest BCUT2D eigenvalue weighted by atomic mass is 10.2. The Labute approximate surface area is 213 Å². The quantitative estimate of drug-likeness (QED) is 0.173. The number of carbonyl (C=O) groups is 2. The highest BCUT2D eigenvalue weighted by Crippen LogP contribution is 2.38. The minimum atomic E-state index is -2.20. The van der Waals surface area contributed by atoms with Crippen LogP contribution in [-0.2, 0) is 22.9 Å². The van der Waals surface area contributed by atoms with Gasteiger partial charge in [-0.15, -0.1) is 0 Å². The summed E-state index contributed by atoms with van der Waals surface area (Å²) in [7, 11) is -6.48. The van der Waals surface area contributed by atoms with Crippen LogP contribution >= 0.6 is 0 Å². The minimum absolute atomic E-state index is 0.00329. The smallest absolute Gasteiger partial charge is 0.314 e. The van der Waals surface area contributed by atoms with Gasteiger partial charge in [0.15, 0.2) is 5.90 Å². The molecule has 0 saturated heterocycles. The lowest BCUT2D eigenvalue weighted by Gasteiger charge is -2.37. The Bertz CT molecular complexity index is 739. The van der Waals surface area contributed by atoms with Gasteiger partial charge in [-0.3, -0.25) is 9.59 Å². The summed E-state index contributed by atoms with van der Waals surface area (Å²) in [6.45, 7) is 31.7. The molecule has 34 heavy (non-hydrogen) atoms. The van der Waals surface area contributed by atoms with E-state index < -0.39 is 25.0 Å². The Balaban J connectivity index is 5.37. The summed E-state index contributed by atoms with van der Waals surface area (Å²) in [5, 5.41) is -0.0841. The molecule has 200 valence electrons. The van der Waals surface area contributed by atoms with Crippen LogP contribution in [0.3, 0.4) is 0 Å². The first-order valence-corrected chi connectivity index (χ1v) is 21.2. The molecule has 0 aliphatic carbocycles. The summed E-state index contributed by atoms with van der Waals surface area (Å²) in [5.41, 5.74) is 0. The zero-order chi connectivity index (χ0) is 27.4. The molecule has 0 unspecified atom stereocenters. The lowest BCUT2D eigenvalue weighted by molar-refractivity contribution is -0.136. The summed E-state index contributed by atoms with van der Waals surface area (Å²) in [6.07, 6.45) is 1.37. The van der Waals surface area contributed by atoms with Gasteiger partial charge in [0.05, 0.1) is 0 Å². The van der Waals surface area contributed by atoms with Crippen molar-refractivity contribution >= 4 is 42.8 Å². The monoisotopic (exact) mass is 531 g/mol. The maximum absolute atomic E-state index is 12.6. The number of rotatable bonds is 9. The predicted molar refractivity (Wildman–Crippen MR) is 151 cm³/mol. The molecule has 0 aliphatic rings. The fourth-order valence-electron chi connectivity index (χ4n) is 2.11. The van der Waals surface area contributed by atoms with Crippen molar-refractivity contribution < 1.29 is 22.9 Å². The number of carbonyl (C=O) groups excluding carboxylic acids is 2. The first-order valence-electron chi connectivity index (χ1n) is 12.5. The van der Waals surface area contributed by atoms with E-state index in [2.05, 4.69) is 107 Å². The molecular formula is C25H53NO5Si3. The van der Waals surface area contributed by atoms with Gasteiger partial charge in [0.1, 0.15) is 6.54 Å². The Kier molecular flexibility index (Phi) is 11.1. The molecule has 0 radical (unpaired) electrons. The van der Waals surface area contributed by atoms with Crippen LogP contribution in [0, 0.1) is 0 Å². The van der Waals surface area contributed by atoms with Gasteiger partial charge in [0.2, 0.25) is 0 Å². The molecule has 0 fully saturated rings. The van der Waals surface area contributed by atoms with Gasteiger partial charge >= 0.3 is 5.97 Å². The van der Waals surface area contributed by atoms with Crippen molar-refractivity contribution in [2.24, 2.45) is 4.99 Å². The maximum Gasteiger partial charge on any atom is 0.314 e. The molecule has 0 rings (SSSR count). The summed E-state index contributed by atoms with van der Waals surface area (Å²) < 4.78 is 18.2. The summed E-state index contributed by atoms with van der Waals surface area (Å²) in [6, 6.07) is 0. The third kappa shape index (κ3) is 10.4. The van der Waals surface area contributed by atoms with Gasteiger partial charge in [0.25, 0.3) is 30.9 Å². The van der Waals surface area contributed by atoms with Crippen LogP contribution in [0.4, 0.5) is 0 Å². The lowest BCUT2D eigenvalue weighted by Crippen LogP contribution is -2.44. The maximum atomic E-state index is 12.6. The van der Waals surface area contributed by atoms with Gasteiger partial charge in [-0.05, 0) is 60.8 Å². The average Bonchev–Trinajstić information content (AvgIpc) is 2.55. The van der Waals surface area contributed by atoms with Crippen molar-refractivity contribution in [2.75, 3.05) is 6.54 Å². The number of hydrogen-bond acceptors (Lipinski definition) is 6. The molecular weight excluding hydrogens is 479 g/mol. The third-order valence-corrected chi connectivity index (χ3v) is 20.7. The zero-order valence-corrected chi connectivity index (χ0v) is 27.8. The van der Waals surface area contributed by atoms with Crippen LogP contribution in [-0.4, -0.2) is 49.3 Å². The van der Waals surface area contributed by atoms with Crippen molar-refractivity contribution in [3.8, 4) is 0 Å². The molecule has 0 spiro atoms. The van der Waals surface area contributed by atoms with E-state index >= 15 is 0 Å². The first-order chi connectivity index (χ1) is 14.8. The van der Waals surface area contributed by atoms with Gasteiger partial charge in [-0.1, -0.05) is 62.3 Å². The van der Waals surface area contributed by atoms with Crippen molar-refractivity contribution in [1.29, 1.82) is 0 Å². The van der Waals surface area contributed by atoms with E-state index in [1.165, 1.54) is 0 Å². The molecule has 0 aromatic carbocycles. The third-order valence-electron chi connectivity index (χ3n) is 7.69. The molecule has 0 atom stereocenters. The van der Waals surface area contributed by atoms with Crippen molar-refractivity contribution in [3.63, 3.8) is 0 Å².